The Kier molecular flexibility index (Phi) is 5.07. The highest BCUT2D eigenvalue weighted by Gasteiger charge is 2.15. The van der Waals surface area contributed by atoms with Crippen molar-refractivity contribution >= 4 is 43.4 Å². The van der Waals surface area contributed by atoms with Gasteiger partial charge in [-0.15, -0.1) is 0 Å². The van der Waals surface area contributed by atoms with Gasteiger partial charge in [0.2, 0.25) is 0 Å². The van der Waals surface area contributed by atoms with Gasteiger partial charge in [-0.1, -0.05) is 48.5 Å². The molecule has 0 saturated heterocycles. The van der Waals surface area contributed by atoms with Crippen molar-refractivity contribution in [2.24, 2.45) is 0 Å². The summed E-state index contributed by atoms with van der Waals surface area (Å²) in [6.07, 6.45) is 7.16. The predicted molar refractivity (Wildman–Crippen MR) is 162 cm³/mol. The van der Waals surface area contributed by atoms with Gasteiger partial charge in [-0.2, -0.15) is 0 Å². The van der Waals surface area contributed by atoms with Crippen LogP contribution in [0.15, 0.2) is 128 Å². The highest BCUT2D eigenvalue weighted by molar-refractivity contribution is 6.10. The second kappa shape index (κ2) is 9.03. The smallest absolute Gasteiger partial charge is 0.160 e. The maximum Gasteiger partial charge on any atom is 0.160 e. The topological polar surface area (TPSA) is 64.5 Å². The van der Waals surface area contributed by atoms with E-state index in [2.05, 4.69) is 88.8 Å². The van der Waals surface area contributed by atoms with Crippen LogP contribution >= 0.6 is 0 Å². The Bertz CT molecular complexity index is 2220. The molecule has 0 aliphatic heterocycles. The van der Waals surface area contributed by atoms with Gasteiger partial charge in [-0.3, -0.25) is 15.0 Å². The Morgan fingerprint density at radius 3 is 1.98 bits per heavy atom. The van der Waals surface area contributed by atoms with Crippen LogP contribution in [0.2, 0.25) is 0 Å². The van der Waals surface area contributed by atoms with E-state index >= 15 is 0 Å². The van der Waals surface area contributed by atoms with Crippen molar-refractivity contribution in [2.45, 2.75) is 0 Å². The van der Waals surface area contributed by atoms with Gasteiger partial charge in [0.1, 0.15) is 0 Å². The Morgan fingerprint density at radius 2 is 1.12 bits per heavy atom. The Balaban J connectivity index is 1.39. The lowest BCUT2D eigenvalue weighted by Crippen LogP contribution is -1.97. The zero-order valence-electron chi connectivity index (χ0n) is 21.4. The first-order valence-corrected chi connectivity index (χ1v) is 13.2. The fourth-order valence-corrected chi connectivity index (χ4v) is 5.45. The summed E-state index contributed by atoms with van der Waals surface area (Å²) in [5, 5.41) is 6.85. The first-order chi connectivity index (χ1) is 19.8. The van der Waals surface area contributed by atoms with Gasteiger partial charge in [0.25, 0.3) is 0 Å². The van der Waals surface area contributed by atoms with Crippen molar-refractivity contribution in [3.63, 3.8) is 0 Å². The molecule has 4 aromatic heterocycles. The summed E-state index contributed by atoms with van der Waals surface area (Å²) in [5.74, 6) is 0.650. The van der Waals surface area contributed by atoms with Gasteiger partial charge >= 0.3 is 0 Å². The van der Waals surface area contributed by atoms with E-state index < -0.39 is 0 Å². The van der Waals surface area contributed by atoms with E-state index in [1.807, 2.05) is 36.7 Å². The zero-order chi connectivity index (χ0) is 26.5. The monoisotopic (exact) mass is 511 g/mol. The second-order valence-electron chi connectivity index (χ2n) is 9.86. The highest BCUT2D eigenvalue weighted by atomic mass is 14.9. The number of hydrogen-bond donors (Lipinski definition) is 0. The summed E-state index contributed by atoms with van der Waals surface area (Å²) in [6, 6.07) is 35.7. The maximum atomic E-state index is 5.07. The van der Waals surface area contributed by atoms with Gasteiger partial charge < -0.3 is 0 Å². The third kappa shape index (κ3) is 3.76. The molecule has 0 aliphatic carbocycles. The first-order valence-electron chi connectivity index (χ1n) is 13.2. The van der Waals surface area contributed by atoms with Crippen LogP contribution < -0.4 is 0 Å². The van der Waals surface area contributed by atoms with Crippen molar-refractivity contribution in [1.82, 2.24) is 24.9 Å². The molecule has 0 aliphatic rings. The summed E-state index contributed by atoms with van der Waals surface area (Å²) in [5.41, 5.74) is 6.37. The van der Waals surface area contributed by atoms with Crippen LogP contribution in [0.1, 0.15) is 0 Å². The van der Waals surface area contributed by atoms with E-state index in [1.54, 1.807) is 12.4 Å². The fourth-order valence-electron chi connectivity index (χ4n) is 5.45. The Labute approximate surface area is 229 Å². The van der Waals surface area contributed by atoms with E-state index in [0.717, 1.165) is 49.9 Å². The molecular formula is C35H21N5. The molecule has 186 valence electrons. The van der Waals surface area contributed by atoms with Gasteiger partial charge in [-0.05, 0) is 76.1 Å². The number of pyridine rings is 3. The van der Waals surface area contributed by atoms with Crippen LogP contribution in [0.4, 0.5) is 0 Å². The summed E-state index contributed by atoms with van der Waals surface area (Å²) in [6.45, 7) is 0. The van der Waals surface area contributed by atoms with E-state index in [0.29, 0.717) is 5.82 Å². The summed E-state index contributed by atoms with van der Waals surface area (Å²) in [7, 11) is 0. The second-order valence-corrected chi connectivity index (χ2v) is 9.86. The van der Waals surface area contributed by atoms with Crippen molar-refractivity contribution in [1.29, 1.82) is 0 Å². The van der Waals surface area contributed by atoms with Crippen LogP contribution in [0.3, 0.4) is 0 Å². The molecule has 0 unspecified atom stereocenters. The highest BCUT2D eigenvalue weighted by Crippen LogP contribution is 2.35. The van der Waals surface area contributed by atoms with Crippen LogP contribution in [-0.2, 0) is 0 Å². The molecule has 5 nitrogen and oxygen atoms in total. The molecule has 0 radical (unpaired) electrons. The Hall–Kier alpha value is -5.55. The lowest BCUT2D eigenvalue weighted by molar-refractivity contribution is 1.18. The standard InChI is InChI=1S/C35H21N5/c1-2-6-24-18-28-19-26(10-9-25(28)17-23(24)5-1)31-21-32(40-35(39-31)22-11-15-36-16-12-22)30-20-27-7-3-13-37-33(27)34-29(30)8-4-14-38-34/h1-21H. The number of hydrogen-bond acceptors (Lipinski definition) is 5. The number of fused-ring (bicyclic) bond motifs is 5. The van der Waals surface area contributed by atoms with Crippen molar-refractivity contribution in [2.75, 3.05) is 0 Å². The van der Waals surface area contributed by atoms with Crippen LogP contribution in [0.5, 0.6) is 0 Å². The number of aromatic nitrogens is 5. The van der Waals surface area contributed by atoms with Gasteiger partial charge in [-0.25, -0.2) is 9.97 Å². The van der Waals surface area contributed by atoms with Gasteiger partial charge in [0.15, 0.2) is 5.82 Å². The molecule has 8 rings (SSSR count). The molecular weight excluding hydrogens is 490 g/mol. The minimum Gasteiger partial charge on any atom is -0.265 e. The molecule has 8 aromatic rings. The van der Waals surface area contributed by atoms with Crippen LogP contribution in [0, 0.1) is 0 Å². The molecule has 0 saturated carbocycles. The lowest BCUT2D eigenvalue weighted by Gasteiger charge is -2.13. The average Bonchev–Trinajstić information content (AvgIpc) is 3.03. The van der Waals surface area contributed by atoms with Crippen LogP contribution in [-0.4, -0.2) is 24.9 Å². The lowest BCUT2D eigenvalue weighted by atomic mass is 9.98. The van der Waals surface area contributed by atoms with E-state index in [1.165, 1.54) is 21.5 Å². The molecule has 40 heavy (non-hydrogen) atoms. The molecule has 0 atom stereocenters. The van der Waals surface area contributed by atoms with E-state index in [9.17, 15) is 0 Å². The first kappa shape index (κ1) is 22.4. The molecule has 5 heteroatoms. The molecule has 0 amide bonds. The van der Waals surface area contributed by atoms with Crippen molar-refractivity contribution < 1.29 is 0 Å². The normalized spacial score (nSPS) is 11.5. The molecule has 4 aromatic carbocycles. The van der Waals surface area contributed by atoms with Gasteiger partial charge in [0, 0.05) is 52.3 Å². The number of benzene rings is 4. The maximum absolute atomic E-state index is 5.07. The number of nitrogens with zero attached hydrogens (tertiary/aromatic N) is 5. The fraction of sp³-hybridized carbons (Fsp3) is 0. The average molecular weight is 512 g/mol. The summed E-state index contributed by atoms with van der Waals surface area (Å²) in [4.78, 5) is 23.6. The number of rotatable bonds is 3. The molecule has 0 spiro atoms. The van der Waals surface area contributed by atoms with Crippen molar-refractivity contribution in [3.8, 4) is 33.9 Å². The summed E-state index contributed by atoms with van der Waals surface area (Å²) < 4.78 is 0. The molecule has 0 bridgehead atoms. The summed E-state index contributed by atoms with van der Waals surface area (Å²) >= 11 is 0. The third-order valence-corrected chi connectivity index (χ3v) is 7.40. The molecule has 0 N–H and O–H groups in total. The Morgan fingerprint density at radius 1 is 0.425 bits per heavy atom. The minimum absolute atomic E-state index is 0.650. The SMILES string of the molecule is c1ccc2cc3cc(-c4cc(-c5cc6cccnc6c6ncccc56)nc(-c5ccncc5)n4)ccc3cc2c1. The molecule has 4 heterocycles. The third-order valence-electron chi connectivity index (χ3n) is 7.40. The predicted octanol–water partition coefficient (Wildman–Crippen LogP) is 8.28. The molecule has 0 fully saturated rings. The van der Waals surface area contributed by atoms with Crippen LogP contribution in [0.25, 0.3) is 77.3 Å². The minimum atomic E-state index is 0.650. The van der Waals surface area contributed by atoms with Gasteiger partial charge in [0.05, 0.1) is 22.4 Å². The van der Waals surface area contributed by atoms with Crippen molar-refractivity contribution in [3.05, 3.63) is 128 Å². The van der Waals surface area contributed by atoms with E-state index in [4.69, 9.17) is 15.0 Å². The quantitative estimate of drug-likeness (QED) is 0.176. The largest absolute Gasteiger partial charge is 0.265 e. The zero-order valence-corrected chi connectivity index (χ0v) is 21.4. The van der Waals surface area contributed by atoms with E-state index in [-0.39, 0.29) is 0 Å².